The molecule has 3 rings (SSSR count). The molecule has 2 aromatic rings. The Morgan fingerprint density at radius 3 is 2.42 bits per heavy atom. The van der Waals surface area contributed by atoms with Crippen molar-refractivity contribution < 1.29 is 30.0 Å². The van der Waals surface area contributed by atoms with Gasteiger partial charge in [0, 0.05) is 6.54 Å². The third-order valence-electron chi connectivity index (χ3n) is 4.63. The molecule has 1 heterocycles. The highest BCUT2D eigenvalue weighted by molar-refractivity contribution is 5.83. The number of hydrogen-bond acceptors (Lipinski definition) is 7. The Morgan fingerprint density at radius 2 is 1.85 bits per heavy atom. The van der Waals surface area contributed by atoms with Crippen LogP contribution in [0.3, 0.4) is 0 Å². The van der Waals surface area contributed by atoms with Crippen LogP contribution in [-0.2, 0) is 4.74 Å². The first-order valence-corrected chi connectivity index (χ1v) is 8.29. The zero-order valence-electron chi connectivity index (χ0n) is 14.0. The molecule has 1 fully saturated rings. The summed E-state index contributed by atoms with van der Waals surface area (Å²) in [5, 5.41) is 40.5. The summed E-state index contributed by atoms with van der Waals surface area (Å²) in [5.74, 6) is -0.730. The minimum absolute atomic E-state index is 0.203. The number of ether oxygens (including phenoxy) is 1. The molecule has 1 saturated heterocycles. The van der Waals surface area contributed by atoms with E-state index in [1.54, 1.807) is 17.0 Å². The maximum atomic E-state index is 10.9. The Kier molecular flexibility index (Phi) is 5.53. The molecule has 0 bridgehead atoms. The minimum Gasteiger partial charge on any atom is -0.507 e. The predicted octanol–water partition coefficient (Wildman–Crippen LogP) is 1.34. The average Bonchev–Trinajstić information content (AvgIpc) is 2.67. The second-order valence-electron chi connectivity index (χ2n) is 6.15. The lowest BCUT2D eigenvalue weighted by Gasteiger charge is -2.43. The molecule has 7 heteroatoms. The largest absolute Gasteiger partial charge is 0.507 e. The van der Waals surface area contributed by atoms with Crippen LogP contribution in [0.25, 0.3) is 0 Å². The molecule has 2 aromatic carbocycles. The standard InChI is InChI=1S/C19H21NO6/c21-10-14-16(23)8-13(9-17(14)24)18-15(11-22)20(6-7-26-18)19(25)12-4-2-1-3-5-12/h1-5,8-10,15,18-19,22-25H,6-7,11H2/t15-,18?,19?/m1/s1. The smallest absolute Gasteiger partial charge is 0.157 e. The molecular formula is C19H21NO6. The SMILES string of the molecule is O=Cc1c(O)cc(C2OCCN(C(O)c3ccccc3)[C@@H]2CO)cc1O. The molecule has 26 heavy (non-hydrogen) atoms. The van der Waals surface area contributed by atoms with Crippen molar-refractivity contribution >= 4 is 6.29 Å². The molecule has 3 atom stereocenters. The second-order valence-corrected chi connectivity index (χ2v) is 6.15. The van der Waals surface area contributed by atoms with Gasteiger partial charge >= 0.3 is 0 Å². The normalized spacial score (nSPS) is 22.1. The van der Waals surface area contributed by atoms with Gasteiger partial charge in [0.2, 0.25) is 0 Å². The number of carbonyl (C=O) groups is 1. The molecular weight excluding hydrogens is 338 g/mol. The molecule has 0 radical (unpaired) electrons. The van der Waals surface area contributed by atoms with Crippen LogP contribution in [0.15, 0.2) is 42.5 Å². The van der Waals surface area contributed by atoms with Crippen LogP contribution in [-0.4, -0.2) is 57.4 Å². The molecule has 0 aliphatic carbocycles. The number of morpholine rings is 1. The molecule has 0 spiro atoms. The molecule has 2 unspecified atom stereocenters. The van der Waals surface area contributed by atoms with E-state index in [1.807, 2.05) is 18.2 Å². The molecule has 138 valence electrons. The highest BCUT2D eigenvalue weighted by Gasteiger charge is 2.37. The lowest BCUT2D eigenvalue weighted by molar-refractivity contribution is -0.146. The third-order valence-corrected chi connectivity index (χ3v) is 4.63. The number of phenolic OH excluding ortho intramolecular Hbond substituents is 2. The zero-order valence-corrected chi connectivity index (χ0v) is 14.0. The van der Waals surface area contributed by atoms with Crippen molar-refractivity contribution in [3.05, 3.63) is 59.2 Å². The Hall–Kier alpha value is -2.45. The van der Waals surface area contributed by atoms with Gasteiger partial charge < -0.3 is 25.2 Å². The summed E-state index contributed by atoms with van der Waals surface area (Å²) in [6.07, 6.45) is -1.26. The van der Waals surface area contributed by atoms with Gasteiger partial charge in [-0.15, -0.1) is 0 Å². The van der Waals surface area contributed by atoms with E-state index in [0.717, 1.165) is 0 Å². The highest BCUT2D eigenvalue weighted by atomic mass is 16.5. The van der Waals surface area contributed by atoms with Crippen LogP contribution in [0.5, 0.6) is 11.5 Å². The van der Waals surface area contributed by atoms with Crippen molar-refractivity contribution in [2.24, 2.45) is 0 Å². The van der Waals surface area contributed by atoms with Crippen molar-refractivity contribution in [2.75, 3.05) is 19.8 Å². The summed E-state index contributed by atoms with van der Waals surface area (Å²) in [4.78, 5) is 12.6. The van der Waals surface area contributed by atoms with Gasteiger partial charge in [0.1, 0.15) is 23.8 Å². The van der Waals surface area contributed by atoms with E-state index in [-0.39, 0.29) is 23.7 Å². The summed E-state index contributed by atoms with van der Waals surface area (Å²) in [6.45, 7) is 0.399. The Bertz CT molecular complexity index is 743. The van der Waals surface area contributed by atoms with Crippen molar-refractivity contribution in [1.82, 2.24) is 4.90 Å². The van der Waals surface area contributed by atoms with Gasteiger partial charge in [0.05, 0.1) is 24.8 Å². The maximum Gasteiger partial charge on any atom is 0.157 e. The number of carbonyl (C=O) groups excluding carboxylic acids is 1. The predicted molar refractivity (Wildman–Crippen MR) is 92.8 cm³/mol. The van der Waals surface area contributed by atoms with E-state index in [0.29, 0.717) is 30.6 Å². The van der Waals surface area contributed by atoms with Crippen LogP contribution in [0.2, 0.25) is 0 Å². The van der Waals surface area contributed by atoms with Crippen LogP contribution >= 0.6 is 0 Å². The Balaban J connectivity index is 1.92. The molecule has 7 nitrogen and oxygen atoms in total. The van der Waals surface area contributed by atoms with Crippen LogP contribution in [0.1, 0.15) is 33.8 Å². The number of nitrogens with zero attached hydrogens (tertiary/aromatic N) is 1. The molecule has 1 aliphatic heterocycles. The van der Waals surface area contributed by atoms with Gasteiger partial charge in [-0.1, -0.05) is 30.3 Å². The van der Waals surface area contributed by atoms with Crippen molar-refractivity contribution in [2.45, 2.75) is 18.4 Å². The number of phenols is 2. The number of hydrogen-bond donors (Lipinski definition) is 4. The van der Waals surface area contributed by atoms with Crippen LogP contribution in [0, 0.1) is 0 Å². The first-order valence-electron chi connectivity index (χ1n) is 8.29. The van der Waals surface area contributed by atoms with Crippen molar-refractivity contribution in [3.8, 4) is 11.5 Å². The Labute approximate surface area is 150 Å². The van der Waals surface area contributed by atoms with Gasteiger partial charge in [0.25, 0.3) is 0 Å². The molecule has 1 aliphatic rings. The fourth-order valence-corrected chi connectivity index (χ4v) is 3.30. The summed E-state index contributed by atoms with van der Waals surface area (Å²) in [7, 11) is 0. The summed E-state index contributed by atoms with van der Waals surface area (Å²) >= 11 is 0. The number of rotatable bonds is 5. The topological polar surface area (TPSA) is 110 Å². The fourth-order valence-electron chi connectivity index (χ4n) is 3.30. The molecule has 4 N–H and O–H groups in total. The summed E-state index contributed by atoms with van der Waals surface area (Å²) < 4.78 is 5.74. The Morgan fingerprint density at radius 1 is 1.19 bits per heavy atom. The van der Waals surface area contributed by atoms with Gasteiger partial charge in [-0.25, -0.2) is 0 Å². The van der Waals surface area contributed by atoms with E-state index >= 15 is 0 Å². The quantitative estimate of drug-likeness (QED) is 0.596. The van der Waals surface area contributed by atoms with E-state index in [1.165, 1.54) is 12.1 Å². The number of benzene rings is 2. The number of aromatic hydroxyl groups is 2. The van der Waals surface area contributed by atoms with E-state index in [2.05, 4.69) is 0 Å². The fraction of sp³-hybridized carbons (Fsp3) is 0.316. The number of aldehydes is 1. The zero-order chi connectivity index (χ0) is 18.7. The maximum absolute atomic E-state index is 10.9. The number of aliphatic hydroxyl groups is 2. The molecule has 0 aromatic heterocycles. The lowest BCUT2D eigenvalue weighted by atomic mass is 9.96. The van der Waals surface area contributed by atoms with Gasteiger partial charge in [-0.3, -0.25) is 9.69 Å². The lowest BCUT2D eigenvalue weighted by Crippen LogP contribution is -2.50. The second kappa shape index (κ2) is 7.84. The van der Waals surface area contributed by atoms with E-state index < -0.39 is 18.4 Å². The van der Waals surface area contributed by atoms with Gasteiger partial charge in [-0.05, 0) is 23.3 Å². The van der Waals surface area contributed by atoms with E-state index in [4.69, 9.17) is 4.74 Å². The minimum atomic E-state index is -0.934. The van der Waals surface area contributed by atoms with Gasteiger partial charge in [0.15, 0.2) is 6.29 Å². The van der Waals surface area contributed by atoms with Gasteiger partial charge in [-0.2, -0.15) is 0 Å². The van der Waals surface area contributed by atoms with E-state index in [9.17, 15) is 25.2 Å². The van der Waals surface area contributed by atoms with Crippen molar-refractivity contribution in [1.29, 1.82) is 0 Å². The van der Waals surface area contributed by atoms with Crippen LogP contribution in [0.4, 0.5) is 0 Å². The van der Waals surface area contributed by atoms with Crippen molar-refractivity contribution in [3.63, 3.8) is 0 Å². The highest BCUT2D eigenvalue weighted by Crippen LogP contribution is 2.37. The summed E-state index contributed by atoms with van der Waals surface area (Å²) in [5.41, 5.74) is 0.898. The average molecular weight is 359 g/mol. The molecule has 0 saturated carbocycles. The first kappa shape index (κ1) is 18.3. The monoisotopic (exact) mass is 359 g/mol. The molecule has 0 amide bonds. The number of aliphatic hydroxyl groups excluding tert-OH is 2. The first-order chi connectivity index (χ1) is 12.6. The summed E-state index contributed by atoms with van der Waals surface area (Å²) in [6, 6.07) is 11.1. The van der Waals surface area contributed by atoms with Crippen LogP contribution < -0.4 is 0 Å². The third kappa shape index (κ3) is 3.42.